The van der Waals surface area contributed by atoms with Gasteiger partial charge in [0.25, 0.3) is 0 Å². The van der Waals surface area contributed by atoms with Crippen molar-refractivity contribution in [2.75, 3.05) is 11.1 Å². The quantitative estimate of drug-likeness (QED) is 0.685. The first-order valence-corrected chi connectivity index (χ1v) is 8.07. The Morgan fingerprint density at radius 1 is 1.10 bits per heavy atom. The summed E-state index contributed by atoms with van der Waals surface area (Å²) in [5.74, 6) is 0.787. The van der Waals surface area contributed by atoms with E-state index in [2.05, 4.69) is 21.2 Å². The molecule has 0 bridgehead atoms. The topological polar surface area (TPSA) is 12.0 Å². The van der Waals surface area contributed by atoms with Gasteiger partial charge in [0, 0.05) is 20.8 Å². The number of rotatable bonds is 1. The van der Waals surface area contributed by atoms with E-state index in [9.17, 15) is 13.2 Å². The fourth-order valence-corrected chi connectivity index (χ4v) is 3.85. The second-order valence-corrected chi connectivity index (χ2v) is 6.75. The van der Waals surface area contributed by atoms with Gasteiger partial charge in [0.15, 0.2) is 0 Å². The minimum atomic E-state index is -4.29. The molecular formula is C15H11BrF3NS. The Bertz CT molecular complexity index is 655. The first-order chi connectivity index (χ1) is 9.93. The molecule has 0 amide bonds. The first kappa shape index (κ1) is 14.8. The van der Waals surface area contributed by atoms with Crippen molar-refractivity contribution in [2.45, 2.75) is 17.1 Å². The van der Waals surface area contributed by atoms with Crippen LogP contribution in [0.4, 0.5) is 18.9 Å². The second-order valence-electron chi connectivity index (χ2n) is 4.77. The first-order valence-electron chi connectivity index (χ1n) is 6.29. The smallest absolute Gasteiger partial charge is 0.376 e. The van der Waals surface area contributed by atoms with Gasteiger partial charge in [0.05, 0.1) is 11.6 Å². The van der Waals surface area contributed by atoms with Gasteiger partial charge in [-0.05, 0) is 35.9 Å². The molecule has 0 fully saturated rings. The Labute approximate surface area is 133 Å². The SMILES string of the molecule is FC(F)(F)c1ccc(C2CSc3cc(Br)ccc3N2)cc1. The van der Waals surface area contributed by atoms with E-state index in [0.717, 1.165) is 38.5 Å². The average Bonchev–Trinajstić information content (AvgIpc) is 2.46. The molecule has 0 radical (unpaired) electrons. The van der Waals surface area contributed by atoms with Gasteiger partial charge in [0.1, 0.15) is 0 Å². The number of alkyl halides is 3. The molecule has 21 heavy (non-hydrogen) atoms. The summed E-state index contributed by atoms with van der Waals surface area (Å²) < 4.78 is 38.7. The van der Waals surface area contributed by atoms with Crippen molar-refractivity contribution < 1.29 is 13.2 Å². The molecule has 1 aliphatic heterocycles. The van der Waals surface area contributed by atoms with Crippen molar-refractivity contribution in [2.24, 2.45) is 0 Å². The number of benzene rings is 2. The molecule has 6 heteroatoms. The minimum Gasteiger partial charge on any atom is -0.376 e. The van der Waals surface area contributed by atoms with Crippen LogP contribution in [0.15, 0.2) is 51.8 Å². The number of fused-ring (bicyclic) bond motifs is 1. The molecule has 0 spiro atoms. The highest BCUT2D eigenvalue weighted by Gasteiger charge is 2.30. The molecule has 110 valence electrons. The number of hydrogen-bond donors (Lipinski definition) is 1. The molecule has 2 aromatic carbocycles. The fourth-order valence-electron chi connectivity index (χ4n) is 2.22. The highest BCUT2D eigenvalue weighted by Crippen LogP contribution is 2.40. The van der Waals surface area contributed by atoms with Crippen molar-refractivity contribution in [1.82, 2.24) is 0 Å². The predicted octanol–water partition coefficient (Wildman–Crippen LogP) is 5.73. The van der Waals surface area contributed by atoms with Crippen LogP contribution in [0.3, 0.4) is 0 Å². The summed E-state index contributed by atoms with van der Waals surface area (Å²) in [4.78, 5) is 1.15. The predicted molar refractivity (Wildman–Crippen MR) is 82.7 cm³/mol. The van der Waals surface area contributed by atoms with Crippen LogP contribution in [0.2, 0.25) is 0 Å². The summed E-state index contributed by atoms with van der Waals surface area (Å²) in [5.41, 5.74) is 1.27. The molecule has 1 nitrogen and oxygen atoms in total. The highest BCUT2D eigenvalue weighted by atomic mass is 79.9. The zero-order valence-corrected chi connectivity index (χ0v) is 13.1. The van der Waals surface area contributed by atoms with Crippen molar-refractivity contribution in [3.63, 3.8) is 0 Å². The highest BCUT2D eigenvalue weighted by molar-refractivity contribution is 9.10. The van der Waals surface area contributed by atoms with E-state index < -0.39 is 11.7 Å². The van der Waals surface area contributed by atoms with Gasteiger partial charge in [-0.2, -0.15) is 13.2 Å². The van der Waals surface area contributed by atoms with E-state index in [0.29, 0.717) is 0 Å². The van der Waals surface area contributed by atoms with Crippen LogP contribution in [-0.2, 0) is 6.18 Å². The number of nitrogens with one attached hydrogen (secondary N) is 1. The maximum absolute atomic E-state index is 12.6. The number of hydrogen-bond acceptors (Lipinski definition) is 2. The Morgan fingerprint density at radius 3 is 2.48 bits per heavy atom. The lowest BCUT2D eigenvalue weighted by Crippen LogP contribution is -2.18. The molecule has 0 aromatic heterocycles. The monoisotopic (exact) mass is 373 g/mol. The molecule has 1 heterocycles. The van der Waals surface area contributed by atoms with Crippen LogP contribution in [-0.4, -0.2) is 5.75 Å². The van der Waals surface area contributed by atoms with Crippen molar-refractivity contribution in [3.8, 4) is 0 Å². The lowest BCUT2D eigenvalue weighted by molar-refractivity contribution is -0.137. The molecule has 0 aliphatic carbocycles. The molecule has 0 saturated heterocycles. The largest absolute Gasteiger partial charge is 0.416 e. The Kier molecular flexibility index (Phi) is 3.92. The number of anilines is 1. The van der Waals surface area contributed by atoms with E-state index >= 15 is 0 Å². The lowest BCUT2D eigenvalue weighted by Gasteiger charge is -2.27. The Morgan fingerprint density at radius 2 is 1.81 bits per heavy atom. The third kappa shape index (κ3) is 3.21. The molecule has 3 rings (SSSR count). The zero-order valence-electron chi connectivity index (χ0n) is 10.7. The Hall–Kier alpha value is -1.14. The summed E-state index contributed by atoms with van der Waals surface area (Å²) in [7, 11) is 0. The van der Waals surface area contributed by atoms with Crippen molar-refractivity contribution in [1.29, 1.82) is 0 Å². The molecule has 1 atom stereocenters. The minimum absolute atomic E-state index is 0.0194. The van der Waals surface area contributed by atoms with Crippen molar-refractivity contribution in [3.05, 3.63) is 58.1 Å². The van der Waals surface area contributed by atoms with Gasteiger partial charge in [-0.1, -0.05) is 28.1 Å². The molecule has 0 saturated carbocycles. The number of halogens is 4. The summed E-state index contributed by atoms with van der Waals surface area (Å²) in [6.45, 7) is 0. The van der Waals surface area contributed by atoms with Gasteiger partial charge in [0.2, 0.25) is 0 Å². The van der Waals surface area contributed by atoms with Crippen molar-refractivity contribution >= 4 is 33.4 Å². The maximum Gasteiger partial charge on any atom is 0.416 e. The molecule has 1 N–H and O–H groups in total. The van der Waals surface area contributed by atoms with Crippen LogP contribution >= 0.6 is 27.7 Å². The van der Waals surface area contributed by atoms with Crippen LogP contribution < -0.4 is 5.32 Å². The maximum atomic E-state index is 12.6. The second kappa shape index (κ2) is 5.57. The standard InChI is InChI=1S/C15H11BrF3NS/c16-11-5-6-12-14(7-11)21-8-13(20-12)9-1-3-10(4-2-9)15(17,18)19/h1-7,13,20H,8H2. The molecular weight excluding hydrogens is 363 g/mol. The molecule has 1 unspecified atom stereocenters. The summed E-state index contributed by atoms with van der Waals surface area (Å²) in [5, 5.41) is 3.38. The average molecular weight is 374 g/mol. The van der Waals surface area contributed by atoms with E-state index in [-0.39, 0.29) is 6.04 Å². The normalized spacial score (nSPS) is 18.0. The lowest BCUT2D eigenvalue weighted by atomic mass is 10.1. The third-order valence-electron chi connectivity index (χ3n) is 3.32. The fraction of sp³-hybridized carbons (Fsp3) is 0.200. The van der Waals surface area contributed by atoms with E-state index in [4.69, 9.17) is 0 Å². The molecule has 2 aromatic rings. The van der Waals surface area contributed by atoms with Gasteiger partial charge in [-0.3, -0.25) is 0 Å². The number of thioether (sulfide) groups is 1. The van der Waals surface area contributed by atoms with Crippen LogP contribution in [0.5, 0.6) is 0 Å². The van der Waals surface area contributed by atoms with E-state index in [1.54, 1.807) is 23.9 Å². The van der Waals surface area contributed by atoms with Crippen LogP contribution in [0, 0.1) is 0 Å². The summed E-state index contributed by atoms with van der Waals surface area (Å²) in [6.07, 6.45) is -4.29. The Balaban J connectivity index is 1.81. The van der Waals surface area contributed by atoms with Crippen LogP contribution in [0.1, 0.15) is 17.2 Å². The van der Waals surface area contributed by atoms with Gasteiger partial charge in [-0.25, -0.2) is 0 Å². The summed E-state index contributed by atoms with van der Waals surface area (Å²) in [6, 6.07) is 11.3. The zero-order chi connectivity index (χ0) is 15.0. The van der Waals surface area contributed by atoms with Gasteiger partial charge in [-0.15, -0.1) is 11.8 Å². The van der Waals surface area contributed by atoms with E-state index in [1.807, 2.05) is 18.2 Å². The molecule has 1 aliphatic rings. The van der Waals surface area contributed by atoms with E-state index in [1.165, 1.54) is 0 Å². The van der Waals surface area contributed by atoms with Gasteiger partial charge >= 0.3 is 6.18 Å². The van der Waals surface area contributed by atoms with Gasteiger partial charge < -0.3 is 5.32 Å². The third-order valence-corrected chi connectivity index (χ3v) is 4.96. The summed E-state index contributed by atoms with van der Waals surface area (Å²) >= 11 is 5.13. The van der Waals surface area contributed by atoms with Crippen LogP contribution in [0.25, 0.3) is 0 Å².